The van der Waals surface area contributed by atoms with Crippen molar-refractivity contribution in [3.8, 4) is 33.9 Å². The molecule has 3 aromatic heterocycles. The van der Waals surface area contributed by atoms with Crippen molar-refractivity contribution in [1.82, 2.24) is 14.1 Å². The van der Waals surface area contributed by atoms with E-state index in [-0.39, 0.29) is 0 Å². The normalized spacial score (nSPS) is 11.9. The molecule has 0 fully saturated rings. The van der Waals surface area contributed by atoms with Gasteiger partial charge in [-0.05, 0) is 84.8 Å². The van der Waals surface area contributed by atoms with Gasteiger partial charge in [0, 0.05) is 44.0 Å². The first kappa shape index (κ1) is 26.8. The highest BCUT2D eigenvalue weighted by molar-refractivity contribution is 6.13. The fourth-order valence-corrected chi connectivity index (χ4v) is 7.42. The highest BCUT2D eigenvalue weighted by atomic mass is 16.3. The van der Waals surface area contributed by atoms with Crippen molar-refractivity contribution in [3.05, 3.63) is 163 Å². The maximum atomic E-state index is 6.41. The van der Waals surface area contributed by atoms with Crippen LogP contribution in [0.15, 0.2) is 162 Å². The summed E-state index contributed by atoms with van der Waals surface area (Å²) in [7, 11) is 0. The summed E-state index contributed by atoms with van der Waals surface area (Å²) in [6, 6.07) is 55.9. The zero-order valence-corrected chi connectivity index (χ0v) is 26.3. The summed E-state index contributed by atoms with van der Waals surface area (Å²) in [5.74, 6) is 0.934. The Morgan fingerprint density at radius 1 is 0.479 bits per heavy atom. The summed E-state index contributed by atoms with van der Waals surface area (Å²) in [5.41, 5.74) is 13.0. The Labute approximate surface area is 276 Å². The third kappa shape index (κ3) is 3.93. The standard InChI is InChI=1S/C44H29N3O/c1-28-11-9-19-40-42(28)45-44(47(40)31-12-3-2-4-13-31)29-21-24-32(25-22-29)46-38-18-7-5-14-34(38)37-27-30(23-26-39(37)46)33-16-10-17-36-35-15-6-8-20-41(35)48-43(33)36/h2-27H,1H3. The number of imidazole rings is 1. The molecule has 0 unspecified atom stereocenters. The molecular weight excluding hydrogens is 587 g/mol. The van der Waals surface area contributed by atoms with E-state index in [1.54, 1.807) is 0 Å². The molecule has 0 aliphatic carbocycles. The Kier molecular flexibility index (Phi) is 5.75. The molecule has 10 rings (SSSR count). The molecule has 4 heteroatoms. The van der Waals surface area contributed by atoms with Crippen LogP contribution in [0, 0.1) is 6.92 Å². The molecule has 4 nitrogen and oxygen atoms in total. The van der Waals surface area contributed by atoms with Gasteiger partial charge in [-0.2, -0.15) is 0 Å². The third-order valence-electron chi connectivity index (χ3n) is 9.67. The number of rotatable bonds is 4. The molecule has 226 valence electrons. The zero-order valence-electron chi connectivity index (χ0n) is 26.3. The second-order valence-electron chi connectivity index (χ2n) is 12.5. The minimum atomic E-state index is 0.913. The number of aryl methyl sites for hydroxylation is 1. The van der Waals surface area contributed by atoms with Crippen molar-refractivity contribution in [2.24, 2.45) is 0 Å². The maximum Gasteiger partial charge on any atom is 0.145 e. The number of para-hydroxylation sites is 5. The van der Waals surface area contributed by atoms with Crippen LogP contribution in [0.1, 0.15) is 5.56 Å². The Hall–Kier alpha value is -6.39. The fraction of sp³-hybridized carbons (Fsp3) is 0.0227. The summed E-state index contributed by atoms with van der Waals surface area (Å²) >= 11 is 0. The first-order valence-electron chi connectivity index (χ1n) is 16.3. The second-order valence-corrected chi connectivity index (χ2v) is 12.5. The molecule has 0 atom stereocenters. The van der Waals surface area contributed by atoms with Crippen LogP contribution in [0.2, 0.25) is 0 Å². The molecule has 0 radical (unpaired) electrons. The number of nitrogens with zero attached hydrogens (tertiary/aromatic N) is 3. The van der Waals surface area contributed by atoms with Crippen LogP contribution in [-0.4, -0.2) is 14.1 Å². The van der Waals surface area contributed by atoms with Gasteiger partial charge in [0.2, 0.25) is 0 Å². The van der Waals surface area contributed by atoms with Gasteiger partial charge in [0.25, 0.3) is 0 Å². The van der Waals surface area contributed by atoms with Gasteiger partial charge >= 0.3 is 0 Å². The SMILES string of the molecule is Cc1cccc2c1nc(-c1ccc(-n3c4ccccc4c4cc(-c5cccc6c5oc5ccccc56)ccc43)cc1)n2-c1ccccc1. The summed E-state index contributed by atoms with van der Waals surface area (Å²) < 4.78 is 11.0. The van der Waals surface area contributed by atoms with Gasteiger partial charge < -0.3 is 8.98 Å². The second kappa shape index (κ2) is 10.3. The molecule has 0 spiro atoms. The van der Waals surface area contributed by atoms with Crippen molar-refractivity contribution in [1.29, 1.82) is 0 Å². The number of aromatic nitrogens is 3. The Morgan fingerprint density at radius 3 is 2.02 bits per heavy atom. The van der Waals surface area contributed by atoms with Gasteiger partial charge in [0.15, 0.2) is 0 Å². The summed E-state index contributed by atoms with van der Waals surface area (Å²) in [5, 5.41) is 4.71. The van der Waals surface area contributed by atoms with E-state index in [1.807, 2.05) is 12.1 Å². The number of fused-ring (bicyclic) bond motifs is 7. The van der Waals surface area contributed by atoms with Crippen molar-refractivity contribution in [2.75, 3.05) is 0 Å². The van der Waals surface area contributed by atoms with E-state index in [0.717, 1.165) is 72.4 Å². The van der Waals surface area contributed by atoms with E-state index in [1.165, 1.54) is 21.9 Å². The topological polar surface area (TPSA) is 35.9 Å². The summed E-state index contributed by atoms with van der Waals surface area (Å²) in [6.07, 6.45) is 0. The third-order valence-corrected chi connectivity index (χ3v) is 9.67. The fourth-order valence-electron chi connectivity index (χ4n) is 7.42. The number of furan rings is 1. The minimum absolute atomic E-state index is 0.913. The monoisotopic (exact) mass is 615 g/mol. The molecule has 3 heterocycles. The average molecular weight is 616 g/mol. The lowest BCUT2D eigenvalue weighted by atomic mass is 10.0. The van der Waals surface area contributed by atoms with Crippen LogP contribution < -0.4 is 0 Å². The number of benzene rings is 7. The van der Waals surface area contributed by atoms with Crippen LogP contribution in [0.4, 0.5) is 0 Å². The lowest BCUT2D eigenvalue weighted by Crippen LogP contribution is -1.98. The van der Waals surface area contributed by atoms with Gasteiger partial charge in [-0.1, -0.05) is 91.0 Å². The van der Waals surface area contributed by atoms with Gasteiger partial charge in [-0.15, -0.1) is 0 Å². The van der Waals surface area contributed by atoms with Gasteiger partial charge in [-0.3, -0.25) is 4.57 Å². The molecule has 0 aliphatic heterocycles. The molecule has 0 aliphatic rings. The predicted octanol–water partition coefficient (Wildman–Crippen LogP) is 11.7. The number of hydrogen-bond acceptors (Lipinski definition) is 2. The van der Waals surface area contributed by atoms with Crippen LogP contribution in [-0.2, 0) is 0 Å². The van der Waals surface area contributed by atoms with E-state index in [2.05, 4.69) is 162 Å². The molecule has 0 saturated heterocycles. The van der Waals surface area contributed by atoms with Crippen LogP contribution in [0.5, 0.6) is 0 Å². The van der Waals surface area contributed by atoms with Crippen molar-refractivity contribution in [2.45, 2.75) is 6.92 Å². The van der Waals surface area contributed by atoms with Gasteiger partial charge in [0.1, 0.15) is 17.0 Å². The van der Waals surface area contributed by atoms with E-state index in [9.17, 15) is 0 Å². The maximum absolute atomic E-state index is 6.41. The first-order valence-corrected chi connectivity index (χ1v) is 16.3. The molecule has 0 amide bonds. The molecule has 0 bridgehead atoms. The van der Waals surface area contributed by atoms with Gasteiger partial charge in [-0.25, -0.2) is 4.98 Å². The lowest BCUT2D eigenvalue weighted by molar-refractivity contribution is 0.670. The van der Waals surface area contributed by atoms with E-state index < -0.39 is 0 Å². The van der Waals surface area contributed by atoms with Crippen molar-refractivity contribution in [3.63, 3.8) is 0 Å². The Morgan fingerprint density at radius 2 is 1.15 bits per heavy atom. The number of hydrogen-bond donors (Lipinski definition) is 0. The average Bonchev–Trinajstić information content (AvgIpc) is 3.82. The highest BCUT2D eigenvalue weighted by Crippen LogP contribution is 2.39. The van der Waals surface area contributed by atoms with E-state index in [0.29, 0.717) is 0 Å². The quantitative estimate of drug-likeness (QED) is 0.197. The van der Waals surface area contributed by atoms with Crippen molar-refractivity contribution < 1.29 is 4.42 Å². The molecule has 0 saturated carbocycles. The first-order chi connectivity index (χ1) is 23.7. The van der Waals surface area contributed by atoms with Crippen LogP contribution in [0.3, 0.4) is 0 Å². The van der Waals surface area contributed by atoms with Gasteiger partial charge in [0.05, 0.1) is 22.1 Å². The highest BCUT2D eigenvalue weighted by Gasteiger charge is 2.18. The summed E-state index contributed by atoms with van der Waals surface area (Å²) in [6.45, 7) is 2.13. The molecular formula is C44H29N3O. The largest absolute Gasteiger partial charge is 0.455 e. The molecule has 48 heavy (non-hydrogen) atoms. The smallest absolute Gasteiger partial charge is 0.145 e. The Balaban J connectivity index is 1.13. The van der Waals surface area contributed by atoms with E-state index in [4.69, 9.17) is 9.40 Å². The zero-order chi connectivity index (χ0) is 31.8. The van der Waals surface area contributed by atoms with Crippen molar-refractivity contribution >= 4 is 54.8 Å². The predicted molar refractivity (Wildman–Crippen MR) is 198 cm³/mol. The van der Waals surface area contributed by atoms with Crippen LogP contribution in [0.25, 0.3) is 88.7 Å². The lowest BCUT2D eigenvalue weighted by Gasteiger charge is -2.12. The molecule has 10 aromatic rings. The molecule has 7 aromatic carbocycles. The van der Waals surface area contributed by atoms with Crippen LogP contribution >= 0.6 is 0 Å². The Bertz CT molecular complexity index is 2830. The summed E-state index contributed by atoms with van der Waals surface area (Å²) in [4.78, 5) is 5.17. The molecule has 0 N–H and O–H groups in total. The minimum Gasteiger partial charge on any atom is -0.455 e. The van der Waals surface area contributed by atoms with E-state index >= 15 is 0 Å².